The molecule has 8 heteroatoms. The van der Waals surface area contributed by atoms with Crippen LogP contribution in [-0.2, 0) is 4.74 Å². The molecule has 2 heterocycles. The fourth-order valence-corrected chi connectivity index (χ4v) is 2.46. The van der Waals surface area contributed by atoms with Crippen LogP contribution >= 0.6 is 34.8 Å². The summed E-state index contributed by atoms with van der Waals surface area (Å²) < 4.78 is 20.3. The van der Waals surface area contributed by atoms with E-state index in [9.17, 15) is 4.39 Å². The molecule has 0 amide bonds. The van der Waals surface area contributed by atoms with Crippen LogP contribution in [-0.4, -0.2) is 22.5 Å². The lowest BCUT2D eigenvalue weighted by molar-refractivity contribution is 0.265. The Morgan fingerprint density at radius 3 is 2.95 bits per heavy atom. The second-order valence-corrected chi connectivity index (χ2v) is 5.91. The lowest BCUT2D eigenvalue weighted by Gasteiger charge is -2.12. The number of thiocarbonyl (C=S) groups is 1. The summed E-state index contributed by atoms with van der Waals surface area (Å²) in [4.78, 5) is 4.05. The van der Waals surface area contributed by atoms with Gasteiger partial charge in [-0.15, -0.1) is 5.10 Å². The van der Waals surface area contributed by atoms with Gasteiger partial charge < -0.3 is 10.1 Å². The van der Waals surface area contributed by atoms with E-state index in [0.717, 1.165) is 3.57 Å². The molecule has 1 aliphatic rings. The number of ether oxygens (including phenoxy) is 1. The van der Waals surface area contributed by atoms with Crippen molar-refractivity contribution in [2.45, 2.75) is 6.23 Å². The van der Waals surface area contributed by atoms with Crippen LogP contribution in [0.2, 0.25) is 0 Å². The molecule has 1 aliphatic heterocycles. The van der Waals surface area contributed by atoms with Gasteiger partial charge >= 0.3 is 0 Å². The first-order chi connectivity index (χ1) is 10.7. The van der Waals surface area contributed by atoms with Crippen LogP contribution in [0, 0.1) is 9.39 Å². The van der Waals surface area contributed by atoms with Crippen molar-refractivity contribution in [3.05, 3.63) is 51.6 Å². The van der Waals surface area contributed by atoms with Crippen molar-refractivity contribution < 1.29 is 9.13 Å². The molecule has 0 saturated heterocycles. The van der Waals surface area contributed by atoms with E-state index in [2.05, 4.69) is 43.4 Å². The summed E-state index contributed by atoms with van der Waals surface area (Å²) in [6.07, 6.45) is 2.76. The van der Waals surface area contributed by atoms with E-state index in [1.807, 2.05) is 6.07 Å². The summed E-state index contributed by atoms with van der Waals surface area (Å²) >= 11 is 6.87. The highest BCUT2D eigenvalue weighted by Gasteiger charge is 2.21. The first kappa shape index (κ1) is 15.1. The summed E-state index contributed by atoms with van der Waals surface area (Å²) in [5, 5.41) is 8.53. The van der Waals surface area contributed by atoms with Crippen LogP contribution in [0.25, 0.3) is 0 Å². The summed E-state index contributed by atoms with van der Waals surface area (Å²) in [5.41, 5.74) is 4.36. The average molecular weight is 428 g/mol. The van der Waals surface area contributed by atoms with Crippen LogP contribution < -0.4 is 10.7 Å². The molecule has 5 nitrogen and oxygen atoms in total. The van der Waals surface area contributed by atoms with Gasteiger partial charge in [-0.2, -0.15) is 0 Å². The predicted molar refractivity (Wildman–Crippen MR) is 94.8 cm³/mol. The van der Waals surface area contributed by atoms with Crippen molar-refractivity contribution in [3.8, 4) is 0 Å². The van der Waals surface area contributed by atoms with Gasteiger partial charge in [0.2, 0.25) is 12.1 Å². The normalized spacial score (nSPS) is 16.5. The highest BCUT2D eigenvalue weighted by Crippen LogP contribution is 2.25. The fourth-order valence-electron chi connectivity index (χ4n) is 1.89. The first-order valence-electron chi connectivity index (χ1n) is 6.29. The molecule has 112 valence electrons. The van der Waals surface area contributed by atoms with Crippen molar-refractivity contribution in [1.82, 2.24) is 10.4 Å². The average Bonchev–Trinajstić information content (AvgIpc) is 2.99. The number of halogens is 2. The maximum atomic E-state index is 14.0. The third kappa shape index (κ3) is 3.17. The summed E-state index contributed by atoms with van der Waals surface area (Å²) in [5.74, 6) is 0.0350. The van der Waals surface area contributed by atoms with Crippen LogP contribution in [0.3, 0.4) is 0 Å². The quantitative estimate of drug-likeness (QED) is 0.579. The van der Waals surface area contributed by atoms with E-state index in [4.69, 9.17) is 17.0 Å². The lowest BCUT2D eigenvalue weighted by Crippen LogP contribution is -2.22. The van der Waals surface area contributed by atoms with Crippen molar-refractivity contribution in [2.24, 2.45) is 5.10 Å². The fraction of sp³-hybridized carbons (Fsp3) is 0.0714. The number of pyridine rings is 1. The van der Waals surface area contributed by atoms with Crippen molar-refractivity contribution in [1.29, 1.82) is 0 Å². The molecule has 2 N–H and O–H groups in total. The Labute approximate surface area is 145 Å². The molecular formula is C14H10FIN4OS. The van der Waals surface area contributed by atoms with Gasteiger partial charge in [0, 0.05) is 15.1 Å². The molecule has 0 radical (unpaired) electrons. The molecular weight excluding hydrogens is 418 g/mol. The van der Waals surface area contributed by atoms with Gasteiger partial charge in [-0.25, -0.2) is 4.39 Å². The second-order valence-electron chi connectivity index (χ2n) is 4.39. The maximum Gasteiger partial charge on any atom is 0.242 e. The minimum Gasteiger partial charge on any atom is -0.446 e. The number of nitrogens with zero attached hydrogens (tertiary/aromatic N) is 2. The Morgan fingerprint density at radius 2 is 2.23 bits per heavy atom. The first-order valence-corrected chi connectivity index (χ1v) is 7.84. The molecule has 2 aromatic rings. The highest BCUT2D eigenvalue weighted by molar-refractivity contribution is 14.1. The second kappa shape index (κ2) is 6.53. The minimum atomic E-state index is -0.443. The number of hydrogen-bond donors (Lipinski definition) is 2. The number of rotatable bonds is 4. The minimum absolute atomic E-state index is 0.342. The zero-order valence-electron chi connectivity index (χ0n) is 11.1. The van der Waals surface area contributed by atoms with Crippen molar-refractivity contribution >= 4 is 57.4 Å². The van der Waals surface area contributed by atoms with Gasteiger partial charge in [-0.05, 0) is 46.9 Å². The molecule has 3 rings (SSSR count). The largest absolute Gasteiger partial charge is 0.446 e. The summed E-state index contributed by atoms with van der Waals surface area (Å²) in [6, 6.07) is 6.67. The smallest absolute Gasteiger partial charge is 0.242 e. The summed E-state index contributed by atoms with van der Waals surface area (Å²) in [7, 11) is 0. The summed E-state index contributed by atoms with van der Waals surface area (Å²) in [6.45, 7) is 0. The van der Waals surface area contributed by atoms with E-state index in [1.54, 1.807) is 24.5 Å². The lowest BCUT2D eigenvalue weighted by atomic mass is 10.2. The van der Waals surface area contributed by atoms with Crippen LogP contribution in [0.15, 0.2) is 41.8 Å². The van der Waals surface area contributed by atoms with Crippen molar-refractivity contribution in [3.63, 3.8) is 0 Å². The standard InChI is InChI=1S/C14H10FIN4OS/c15-10-5-8(16)1-2-11(10)18-12-6-17-4-3-9(12)14-20-19-13(7-22)21-14/h1-7,13,18-19H. The third-order valence-electron chi connectivity index (χ3n) is 2.91. The number of hydrogen-bond acceptors (Lipinski definition) is 6. The van der Waals surface area contributed by atoms with E-state index in [-0.39, 0.29) is 5.82 Å². The zero-order valence-corrected chi connectivity index (χ0v) is 14.1. The number of aromatic nitrogens is 1. The van der Waals surface area contributed by atoms with Gasteiger partial charge in [-0.3, -0.25) is 10.4 Å². The number of hydrazone groups is 1. The predicted octanol–water partition coefficient (Wildman–Crippen LogP) is 3.18. The zero-order chi connectivity index (χ0) is 15.5. The highest BCUT2D eigenvalue weighted by atomic mass is 127. The van der Waals surface area contributed by atoms with E-state index in [1.165, 1.54) is 11.4 Å². The van der Waals surface area contributed by atoms with Gasteiger partial charge in [-0.1, -0.05) is 12.2 Å². The third-order valence-corrected chi connectivity index (χ3v) is 3.83. The Balaban J connectivity index is 1.90. The molecule has 22 heavy (non-hydrogen) atoms. The Kier molecular flexibility index (Phi) is 4.48. The Morgan fingerprint density at radius 1 is 1.36 bits per heavy atom. The van der Waals surface area contributed by atoms with E-state index < -0.39 is 6.23 Å². The molecule has 0 saturated carbocycles. The number of anilines is 2. The number of nitrogens with one attached hydrogen (secondary N) is 2. The Hall–Kier alpha value is -1.81. The molecule has 0 fully saturated rings. The van der Waals surface area contributed by atoms with E-state index in [0.29, 0.717) is 22.8 Å². The van der Waals surface area contributed by atoms with E-state index >= 15 is 0 Å². The molecule has 0 spiro atoms. The van der Waals surface area contributed by atoms with Crippen molar-refractivity contribution in [2.75, 3.05) is 5.32 Å². The number of benzene rings is 1. The molecule has 1 aromatic heterocycles. The molecule has 0 bridgehead atoms. The molecule has 0 aliphatic carbocycles. The Bertz CT molecular complexity index is 755. The van der Waals surface area contributed by atoms with Crippen LogP contribution in [0.1, 0.15) is 5.56 Å². The van der Waals surface area contributed by atoms with Gasteiger partial charge in [0.1, 0.15) is 5.82 Å². The SMILES string of the molecule is Fc1cc(I)ccc1Nc1cnccc1C1=NNC(C=S)O1. The van der Waals surface area contributed by atoms with Gasteiger partial charge in [0.25, 0.3) is 0 Å². The molecule has 1 aromatic carbocycles. The topological polar surface area (TPSA) is 58.5 Å². The van der Waals surface area contributed by atoms with Gasteiger partial charge in [0.15, 0.2) is 0 Å². The van der Waals surface area contributed by atoms with Crippen LogP contribution in [0.4, 0.5) is 15.8 Å². The maximum absolute atomic E-state index is 14.0. The van der Waals surface area contributed by atoms with Crippen LogP contribution in [0.5, 0.6) is 0 Å². The van der Waals surface area contributed by atoms with Gasteiger partial charge in [0.05, 0.1) is 23.1 Å². The monoisotopic (exact) mass is 428 g/mol. The molecule has 1 unspecified atom stereocenters. The molecule has 1 atom stereocenters.